The number of imide groups is 1. The predicted octanol–water partition coefficient (Wildman–Crippen LogP) is 0.466. The van der Waals surface area contributed by atoms with E-state index in [4.69, 9.17) is 0 Å². The Hall–Kier alpha value is -2.19. The van der Waals surface area contributed by atoms with E-state index in [1.807, 2.05) is 12.1 Å². The third kappa shape index (κ3) is 5.90. The average molecular weight is 392 g/mol. The number of para-hydroxylation sites is 1. The summed E-state index contributed by atoms with van der Waals surface area (Å²) < 4.78 is 1.65. The SMILES string of the molecule is CC[NH+](CC)CCCn1c(SCC(=O)NC(C)=O)nc2ccccc2c1=O. The third-order valence-electron chi connectivity index (χ3n) is 4.39. The number of aromatic nitrogens is 2. The van der Waals surface area contributed by atoms with Gasteiger partial charge in [0.15, 0.2) is 5.16 Å². The minimum atomic E-state index is -0.397. The van der Waals surface area contributed by atoms with Crippen LogP contribution in [-0.4, -0.2) is 46.8 Å². The summed E-state index contributed by atoms with van der Waals surface area (Å²) in [5, 5.41) is 3.32. The number of carbonyl (C=O) groups excluding carboxylic acids is 2. The lowest BCUT2D eigenvalue weighted by atomic mass is 10.2. The molecule has 1 heterocycles. The molecule has 1 aromatic carbocycles. The monoisotopic (exact) mass is 391 g/mol. The Kier molecular flexibility index (Phi) is 7.99. The van der Waals surface area contributed by atoms with Crippen LogP contribution in [0.15, 0.2) is 34.2 Å². The normalized spacial score (nSPS) is 11.1. The molecule has 0 fully saturated rings. The standard InChI is InChI=1S/C19H26N4O3S/c1-4-22(5-2)11-8-12-23-18(26)15-9-6-7-10-16(15)21-19(23)27-13-17(25)20-14(3)24/h6-7,9-10H,4-5,8,11-13H2,1-3H3,(H,20,24,25)/p+1. The second-order valence-corrected chi connectivity index (χ2v) is 7.26. The van der Waals surface area contributed by atoms with E-state index in [1.54, 1.807) is 16.7 Å². The van der Waals surface area contributed by atoms with E-state index in [9.17, 15) is 14.4 Å². The van der Waals surface area contributed by atoms with Crippen LogP contribution >= 0.6 is 11.8 Å². The van der Waals surface area contributed by atoms with Crippen LogP contribution in [0.3, 0.4) is 0 Å². The number of benzene rings is 1. The molecule has 0 saturated carbocycles. The van der Waals surface area contributed by atoms with Crippen molar-refractivity contribution >= 4 is 34.5 Å². The Morgan fingerprint density at radius 1 is 1.22 bits per heavy atom. The molecule has 2 rings (SSSR count). The molecule has 2 N–H and O–H groups in total. The largest absolute Gasteiger partial charge is 0.335 e. The summed E-state index contributed by atoms with van der Waals surface area (Å²) in [5.74, 6) is -0.758. The van der Waals surface area contributed by atoms with Crippen LogP contribution in [0.5, 0.6) is 0 Å². The van der Waals surface area contributed by atoms with Crippen molar-refractivity contribution in [2.24, 2.45) is 0 Å². The summed E-state index contributed by atoms with van der Waals surface area (Å²) >= 11 is 1.18. The summed E-state index contributed by atoms with van der Waals surface area (Å²) in [6.45, 7) is 9.22. The van der Waals surface area contributed by atoms with Crippen molar-refractivity contribution in [1.82, 2.24) is 14.9 Å². The van der Waals surface area contributed by atoms with Crippen LogP contribution in [0.4, 0.5) is 0 Å². The molecule has 0 unspecified atom stereocenters. The molecule has 146 valence electrons. The molecule has 27 heavy (non-hydrogen) atoms. The van der Waals surface area contributed by atoms with Crippen LogP contribution in [0.25, 0.3) is 10.9 Å². The maximum atomic E-state index is 12.9. The first-order valence-corrected chi connectivity index (χ1v) is 10.2. The number of nitrogens with zero attached hydrogens (tertiary/aromatic N) is 2. The molecule has 7 nitrogen and oxygen atoms in total. The smallest absolute Gasteiger partial charge is 0.262 e. The third-order valence-corrected chi connectivity index (χ3v) is 5.36. The first-order chi connectivity index (χ1) is 13.0. The second-order valence-electron chi connectivity index (χ2n) is 6.32. The number of quaternary nitrogens is 1. The van der Waals surface area contributed by atoms with Gasteiger partial charge in [0.2, 0.25) is 11.8 Å². The number of fused-ring (bicyclic) bond motifs is 1. The van der Waals surface area contributed by atoms with Crippen molar-refractivity contribution in [3.05, 3.63) is 34.6 Å². The Labute approximate surface area is 163 Å². The lowest BCUT2D eigenvalue weighted by Gasteiger charge is -2.17. The minimum Gasteiger partial charge on any atom is -0.335 e. The van der Waals surface area contributed by atoms with Crippen molar-refractivity contribution in [3.8, 4) is 0 Å². The van der Waals surface area contributed by atoms with Gasteiger partial charge in [-0.15, -0.1) is 0 Å². The van der Waals surface area contributed by atoms with Crippen LogP contribution in [0.1, 0.15) is 27.2 Å². The van der Waals surface area contributed by atoms with Gasteiger partial charge in [-0.2, -0.15) is 0 Å². The van der Waals surface area contributed by atoms with Crippen molar-refractivity contribution in [3.63, 3.8) is 0 Å². The molecule has 0 atom stereocenters. The summed E-state index contributed by atoms with van der Waals surface area (Å²) in [4.78, 5) is 41.8. The van der Waals surface area contributed by atoms with Gasteiger partial charge < -0.3 is 4.90 Å². The molecule has 0 radical (unpaired) electrons. The van der Waals surface area contributed by atoms with E-state index < -0.39 is 11.8 Å². The average Bonchev–Trinajstić information content (AvgIpc) is 2.65. The number of hydrogen-bond acceptors (Lipinski definition) is 5. The molecule has 0 bridgehead atoms. The van der Waals surface area contributed by atoms with Gasteiger partial charge in [0.1, 0.15) is 0 Å². The van der Waals surface area contributed by atoms with E-state index in [1.165, 1.54) is 23.6 Å². The fourth-order valence-electron chi connectivity index (χ4n) is 2.91. The number of thioether (sulfide) groups is 1. The number of carbonyl (C=O) groups is 2. The van der Waals surface area contributed by atoms with Crippen LogP contribution < -0.4 is 15.8 Å². The van der Waals surface area contributed by atoms with E-state index in [2.05, 4.69) is 24.1 Å². The van der Waals surface area contributed by atoms with Gasteiger partial charge in [-0.1, -0.05) is 23.9 Å². The van der Waals surface area contributed by atoms with E-state index in [0.717, 1.165) is 26.1 Å². The lowest BCUT2D eigenvalue weighted by molar-refractivity contribution is -0.896. The van der Waals surface area contributed by atoms with Crippen molar-refractivity contribution in [1.29, 1.82) is 0 Å². The first-order valence-electron chi connectivity index (χ1n) is 9.22. The Morgan fingerprint density at radius 2 is 1.93 bits per heavy atom. The molecule has 2 aromatic rings. The molecular formula is C19H27N4O3S+. The highest BCUT2D eigenvalue weighted by molar-refractivity contribution is 7.99. The Morgan fingerprint density at radius 3 is 2.59 bits per heavy atom. The van der Waals surface area contributed by atoms with Crippen molar-refractivity contribution in [2.75, 3.05) is 25.4 Å². The van der Waals surface area contributed by atoms with Gasteiger partial charge in [-0.05, 0) is 26.0 Å². The Bertz CT molecular complexity index is 862. The molecule has 0 aliphatic rings. The highest BCUT2D eigenvalue weighted by Gasteiger charge is 2.14. The fraction of sp³-hybridized carbons (Fsp3) is 0.474. The van der Waals surface area contributed by atoms with Gasteiger partial charge in [0.25, 0.3) is 5.56 Å². The van der Waals surface area contributed by atoms with Crippen LogP contribution in [0, 0.1) is 0 Å². The van der Waals surface area contributed by atoms with Crippen molar-refractivity contribution in [2.45, 2.75) is 38.9 Å². The summed E-state index contributed by atoms with van der Waals surface area (Å²) in [6, 6.07) is 7.22. The topological polar surface area (TPSA) is 85.5 Å². The number of rotatable bonds is 9. The molecule has 2 amide bonds. The maximum Gasteiger partial charge on any atom is 0.262 e. The summed E-state index contributed by atoms with van der Waals surface area (Å²) in [6.07, 6.45) is 0.851. The highest BCUT2D eigenvalue weighted by Crippen LogP contribution is 2.17. The van der Waals surface area contributed by atoms with Crippen LogP contribution in [0.2, 0.25) is 0 Å². The van der Waals surface area contributed by atoms with Gasteiger partial charge in [0.05, 0.1) is 36.3 Å². The number of amides is 2. The van der Waals surface area contributed by atoms with E-state index in [-0.39, 0.29) is 11.3 Å². The molecule has 0 aliphatic heterocycles. The number of nitrogens with one attached hydrogen (secondary N) is 2. The molecule has 8 heteroatoms. The molecule has 0 saturated heterocycles. The zero-order valence-electron chi connectivity index (χ0n) is 16.1. The van der Waals surface area contributed by atoms with Gasteiger partial charge >= 0.3 is 0 Å². The number of hydrogen-bond donors (Lipinski definition) is 2. The lowest BCUT2D eigenvalue weighted by Crippen LogP contribution is -3.11. The summed E-state index contributed by atoms with van der Waals surface area (Å²) in [7, 11) is 0. The minimum absolute atomic E-state index is 0.0334. The van der Waals surface area contributed by atoms with Crippen LogP contribution in [-0.2, 0) is 16.1 Å². The van der Waals surface area contributed by atoms with E-state index >= 15 is 0 Å². The maximum absolute atomic E-state index is 12.9. The summed E-state index contributed by atoms with van der Waals surface area (Å²) in [5.41, 5.74) is 0.521. The van der Waals surface area contributed by atoms with E-state index in [0.29, 0.717) is 22.6 Å². The zero-order valence-corrected chi connectivity index (χ0v) is 16.9. The predicted molar refractivity (Wildman–Crippen MR) is 107 cm³/mol. The molecule has 0 aliphatic carbocycles. The zero-order chi connectivity index (χ0) is 19.8. The van der Waals surface area contributed by atoms with Gasteiger partial charge in [-0.3, -0.25) is 24.3 Å². The molecule has 1 aromatic heterocycles. The van der Waals surface area contributed by atoms with Gasteiger partial charge in [-0.25, -0.2) is 4.98 Å². The van der Waals surface area contributed by atoms with Gasteiger partial charge in [0, 0.05) is 19.9 Å². The molecular weight excluding hydrogens is 364 g/mol. The highest BCUT2D eigenvalue weighted by atomic mass is 32.2. The fourth-order valence-corrected chi connectivity index (χ4v) is 3.73. The Balaban J connectivity index is 2.25. The molecule has 0 spiro atoms. The second kappa shape index (κ2) is 10.2. The van der Waals surface area contributed by atoms with Crippen molar-refractivity contribution < 1.29 is 14.5 Å². The quantitative estimate of drug-likeness (QED) is 0.479. The first kappa shape index (κ1) is 21.1.